The summed E-state index contributed by atoms with van der Waals surface area (Å²) in [5.41, 5.74) is 2.98. The normalized spacial score (nSPS) is 26.3. The zero-order valence-electron chi connectivity index (χ0n) is 5.96. The molecule has 1 atom stereocenters. The van der Waals surface area contributed by atoms with Crippen LogP contribution in [0.25, 0.3) is 0 Å². The van der Waals surface area contributed by atoms with Crippen LogP contribution >= 0.6 is 0 Å². The summed E-state index contributed by atoms with van der Waals surface area (Å²) in [6, 6.07) is 0.544. The fourth-order valence-electron chi connectivity index (χ4n) is 0.909. The van der Waals surface area contributed by atoms with Crippen molar-refractivity contribution in [3.63, 3.8) is 0 Å². The molecule has 0 spiro atoms. The molecule has 0 saturated heterocycles. The molecule has 0 amide bonds. The fraction of sp³-hybridized carbons (Fsp3) is 1.00. The third-order valence-electron chi connectivity index (χ3n) is 1.64. The lowest BCUT2D eigenvalue weighted by molar-refractivity contribution is 0.350. The lowest BCUT2D eigenvalue weighted by Crippen LogP contribution is -2.32. The molecule has 1 unspecified atom stereocenters. The Morgan fingerprint density at radius 3 is 2.67 bits per heavy atom. The van der Waals surface area contributed by atoms with Crippen molar-refractivity contribution in [3.8, 4) is 0 Å². The number of rotatable bonds is 1. The number of nitrogens with one attached hydrogen (secondary N) is 1. The van der Waals surface area contributed by atoms with Crippen LogP contribution < -0.4 is 5.43 Å². The van der Waals surface area contributed by atoms with E-state index in [0.29, 0.717) is 12.0 Å². The van der Waals surface area contributed by atoms with Crippen LogP contribution in [0.4, 0.5) is 0 Å². The molecule has 1 aliphatic heterocycles. The van der Waals surface area contributed by atoms with Crippen LogP contribution in [0.2, 0.25) is 0 Å². The van der Waals surface area contributed by atoms with E-state index in [2.05, 4.69) is 29.6 Å². The van der Waals surface area contributed by atoms with E-state index in [0.717, 1.165) is 13.0 Å². The summed E-state index contributed by atoms with van der Waals surface area (Å²) in [7, 11) is 0. The van der Waals surface area contributed by atoms with E-state index in [1.54, 1.807) is 0 Å². The van der Waals surface area contributed by atoms with Crippen LogP contribution in [0.15, 0.2) is 10.3 Å². The van der Waals surface area contributed by atoms with E-state index in [1.165, 1.54) is 0 Å². The lowest BCUT2D eigenvalue weighted by Gasteiger charge is -2.21. The maximum atomic E-state index is 3.82. The molecule has 1 N–H and O–H groups in total. The highest BCUT2D eigenvalue weighted by Crippen LogP contribution is 2.08. The molecule has 9 heavy (non-hydrogen) atoms. The molecule has 1 aliphatic rings. The van der Waals surface area contributed by atoms with Gasteiger partial charge >= 0.3 is 0 Å². The maximum absolute atomic E-state index is 3.82. The molecule has 0 aromatic carbocycles. The molecule has 0 radical (unpaired) electrons. The minimum absolute atomic E-state index is 0.544. The first-order valence-corrected chi connectivity index (χ1v) is 3.42. The summed E-state index contributed by atoms with van der Waals surface area (Å²) in [5.74, 6) is 0.671. The fourth-order valence-corrected chi connectivity index (χ4v) is 0.909. The van der Waals surface area contributed by atoms with Crippen LogP contribution in [0, 0.1) is 5.92 Å². The van der Waals surface area contributed by atoms with Gasteiger partial charge in [0.1, 0.15) is 0 Å². The van der Waals surface area contributed by atoms with E-state index >= 15 is 0 Å². The Bertz CT molecular complexity index is 109. The Morgan fingerprint density at radius 1 is 1.56 bits per heavy atom. The van der Waals surface area contributed by atoms with Gasteiger partial charge in [-0.1, -0.05) is 19.1 Å². The molecule has 3 heteroatoms. The van der Waals surface area contributed by atoms with Crippen LogP contribution in [0.3, 0.4) is 0 Å². The molecule has 0 aliphatic carbocycles. The van der Waals surface area contributed by atoms with Crippen LogP contribution in [0.5, 0.6) is 0 Å². The van der Waals surface area contributed by atoms with Crippen molar-refractivity contribution in [2.24, 2.45) is 16.3 Å². The summed E-state index contributed by atoms with van der Waals surface area (Å²) in [5, 5.41) is 7.58. The Labute approximate surface area is 55.5 Å². The highest BCUT2D eigenvalue weighted by Gasteiger charge is 2.13. The average Bonchev–Trinajstić information content (AvgIpc) is 1.90. The van der Waals surface area contributed by atoms with E-state index in [4.69, 9.17) is 0 Å². The Hall–Kier alpha value is -0.600. The van der Waals surface area contributed by atoms with Gasteiger partial charge in [-0.3, -0.25) is 5.43 Å². The molecule has 3 nitrogen and oxygen atoms in total. The van der Waals surface area contributed by atoms with Crippen LogP contribution in [-0.4, -0.2) is 12.6 Å². The van der Waals surface area contributed by atoms with E-state index < -0.39 is 0 Å². The van der Waals surface area contributed by atoms with Gasteiger partial charge in [-0.2, -0.15) is 5.11 Å². The van der Waals surface area contributed by atoms with Gasteiger partial charge in [-0.05, 0) is 12.3 Å². The molecule has 0 aromatic rings. The van der Waals surface area contributed by atoms with Crippen molar-refractivity contribution in [2.75, 3.05) is 6.54 Å². The first kappa shape index (κ1) is 6.52. The number of hydrogen-bond donors (Lipinski definition) is 1. The van der Waals surface area contributed by atoms with Crippen molar-refractivity contribution >= 4 is 0 Å². The standard InChI is InChI=1S/C6H13N3/c1-5(2)6-3-4-7-9-8-6/h5-6H,3-4H2,1-2H3,(H,7,8). The quantitative estimate of drug-likeness (QED) is 0.567. The van der Waals surface area contributed by atoms with Gasteiger partial charge in [0.15, 0.2) is 0 Å². The van der Waals surface area contributed by atoms with Crippen molar-refractivity contribution in [2.45, 2.75) is 26.3 Å². The van der Waals surface area contributed by atoms with Gasteiger partial charge in [-0.15, -0.1) is 0 Å². The van der Waals surface area contributed by atoms with Crippen LogP contribution in [-0.2, 0) is 0 Å². The molecule has 0 aromatic heterocycles. The van der Waals surface area contributed by atoms with Gasteiger partial charge in [0, 0.05) is 6.04 Å². The molecular weight excluding hydrogens is 114 g/mol. The Kier molecular flexibility index (Phi) is 2.03. The predicted octanol–water partition coefficient (Wildman–Crippen LogP) is 1.37. The van der Waals surface area contributed by atoms with Gasteiger partial charge in [0.2, 0.25) is 0 Å². The predicted molar refractivity (Wildman–Crippen MR) is 36.1 cm³/mol. The second kappa shape index (κ2) is 2.80. The van der Waals surface area contributed by atoms with Crippen molar-refractivity contribution in [3.05, 3.63) is 0 Å². The average molecular weight is 127 g/mol. The molecule has 0 saturated carbocycles. The monoisotopic (exact) mass is 127 g/mol. The zero-order valence-corrected chi connectivity index (χ0v) is 5.96. The summed E-state index contributed by atoms with van der Waals surface area (Å²) in [6.45, 7) is 5.27. The van der Waals surface area contributed by atoms with Gasteiger partial charge < -0.3 is 0 Å². The van der Waals surface area contributed by atoms with E-state index in [-0.39, 0.29) is 0 Å². The molecule has 0 bridgehead atoms. The van der Waals surface area contributed by atoms with Crippen molar-refractivity contribution in [1.29, 1.82) is 0 Å². The number of hydrogen-bond acceptors (Lipinski definition) is 3. The highest BCUT2D eigenvalue weighted by atomic mass is 15.4. The topological polar surface area (TPSA) is 36.8 Å². The molecular formula is C6H13N3. The largest absolute Gasteiger partial charge is 0.288 e. The second-order valence-electron chi connectivity index (χ2n) is 2.73. The lowest BCUT2D eigenvalue weighted by atomic mass is 10.0. The molecule has 52 valence electrons. The van der Waals surface area contributed by atoms with Gasteiger partial charge in [-0.25, -0.2) is 0 Å². The summed E-state index contributed by atoms with van der Waals surface area (Å²) < 4.78 is 0. The SMILES string of the molecule is CC(C)C1CCN=NN1. The third kappa shape index (κ3) is 1.66. The van der Waals surface area contributed by atoms with E-state index in [1.807, 2.05) is 0 Å². The van der Waals surface area contributed by atoms with Gasteiger partial charge in [0.25, 0.3) is 0 Å². The first-order chi connectivity index (χ1) is 4.30. The zero-order chi connectivity index (χ0) is 6.69. The highest BCUT2D eigenvalue weighted by molar-refractivity contribution is 4.70. The second-order valence-corrected chi connectivity index (χ2v) is 2.73. The molecule has 1 rings (SSSR count). The number of nitrogens with zero attached hydrogens (tertiary/aromatic N) is 2. The first-order valence-electron chi connectivity index (χ1n) is 3.42. The summed E-state index contributed by atoms with van der Waals surface area (Å²) in [6.07, 6.45) is 1.13. The Morgan fingerprint density at radius 2 is 2.33 bits per heavy atom. The summed E-state index contributed by atoms with van der Waals surface area (Å²) in [4.78, 5) is 0. The third-order valence-corrected chi connectivity index (χ3v) is 1.64. The van der Waals surface area contributed by atoms with Crippen molar-refractivity contribution in [1.82, 2.24) is 5.43 Å². The molecule has 1 heterocycles. The van der Waals surface area contributed by atoms with E-state index in [9.17, 15) is 0 Å². The minimum atomic E-state index is 0.544. The molecule has 0 fully saturated rings. The smallest absolute Gasteiger partial charge is 0.0640 e. The summed E-state index contributed by atoms with van der Waals surface area (Å²) >= 11 is 0. The maximum Gasteiger partial charge on any atom is 0.0640 e. The van der Waals surface area contributed by atoms with Crippen molar-refractivity contribution < 1.29 is 0 Å². The minimum Gasteiger partial charge on any atom is -0.288 e. The Balaban J connectivity index is 2.35. The van der Waals surface area contributed by atoms with Gasteiger partial charge in [0.05, 0.1) is 6.54 Å². The van der Waals surface area contributed by atoms with Crippen LogP contribution in [0.1, 0.15) is 20.3 Å².